The zero-order valence-corrected chi connectivity index (χ0v) is 12.7. The van der Waals surface area contributed by atoms with E-state index in [9.17, 15) is 8.42 Å². The fourth-order valence-electron chi connectivity index (χ4n) is 1.80. The number of hydrogen-bond acceptors (Lipinski definition) is 2. The average Bonchev–Trinajstić information content (AvgIpc) is 2.46. The minimum atomic E-state index is -3.51. The molecule has 0 fully saturated rings. The van der Waals surface area contributed by atoms with E-state index in [0.29, 0.717) is 5.02 Å². The monoisotopic (exact) mass is 309 g/mol. The summed E-state index contributed by atoms with van der Waals surface area (Å²) in [5, 5.41) is 0.552. The highest BCUT2D eigenvalue weighted by Crippen LogP contribution is 2.16. The summed E-state index contributed by atoms with van der Waals surface area (Å²) in [5.41, 5.74) is 1.86. The molecule has 1 N–H and O–H groups in total. The van der Waals surface area contributed by atoms with Crippen LogP contribution < -0.4 is 4.72 Å². The summed E-state index contributed by atoms with van der Waals surface area (Å²) in [7, 11) is -3.51. The molecule has 0 saturated heterocycles. The Kier molecular flexibility index (Phi) is 4.81. The van der Waals surface area contributed by atoms with Gasteiger partial charge in [0.2, 0.25) is 10.0 Å². The molecule has 2 rings (SSSR count). The Morgan fingerprint density at radius 1 is 1.05 bits per heavy atom. The van der Waals surface area contributed by atoms with Gasteiger partial charge in [0.1, 0.15) is 0 Å². The molecule has 0 radical (unpaired) electrons. The van der Waals surface area contributed by atoms with Gasteiger partial charge in [0.15, 0.2) is 0 Å². The second kappa shape index (κ2) is 6.39. The molecule has 0 aromatic heterocycles. The molecule has 2 aromatic rings. The van der Waals surface area contributed by atoms with Crippen molar-refractivity contribution in [2.24, 2.45) is 0 Å². The highest BCUT2D eigenvalue weighted by Gasteiger charge is 2.13. The molecule has 0 unspecified atom stereocenters. The molecule has 0 saturated carbocycles. The molecule has 5 heteroatoms. The third-order valence-corrected chi connectivity index (χ3v) is 4.84. The van der Waals surface area contributed by atoms with Gasteiger partial charge < -0.3 is 0 Å². The third-order valence-electron chi connectivity index (χ3n) is 3.05. The number of halogens is 1. The molecular weight excluding hydrogens is 294 g/mol. The van der Waals surface area contributed by atoms with Crippen LogP contribution in [0.25, 0.3) is 0 Å². The lowest BCUT2D eigenvalue weighted by Crippen LogP contribution is -2.23. The molecular formula is C15H16ClNO2S. The first-order valence-electron chi connectivity index (χ1n) is 6.35. The predicted octanol–water partition coefficient (Wildman–Crippen LogP) is 3.38. The van der Waals surface area contributed by atoms with Gasteiger partial charge in [-0.1, -0.05) is 48.9 Å². The SMILES string of the molecule is CCc1ccc(S(=O)(=O)NCc2ccccc2Cl)cc1. The Morgan fingerprint density at radius 3 is 2.30 bits per heavy atom. The van der Waals surface area contributed by atoms with Crippen molar-refractivity contribution in [3.63, 3.8) is 0 Å². The van der Waals surface area contributed by atoms with Crippen LogP contribution >= 0.6 is 11.6 Å². The van der Waals surface area contributed by atoms with Crippen molar-refractivity contribution in [1.82, 2.24) is 4.72 Å². The Morgan fingerprint density at radius 2 is 1.70 bits per heavy atom. The smallest absolute Gasteiger partial charge is 0.207 e. The van der Waals surface area contributed by atoms with Crippen molar-refractivity contribution in [3.8, 4) is 0 Å². The second-order valence-corrected chi connectivity index (χ2v) is 6.59. The van der Waals surface area contributed by atoms with Crippen molar-refractivity contribution in [2.45, 2.75) is 24.8 Å². The largest absolute Gasteiger partial charge is 0.240 e. The summed E-state index contributed by atoms with van der Waals surface area (Å²) in [5.74, 6) is 0. The van der Waals surface area contributed by atoms with E-state index in [2.05, 4.69) is 4.72 Å². The number of aryl methyl sites for hydroxylation is 1. The van der Waals surface area contributed by atoms with Crippen molar-refractivity contribution in [3.05, 3.63) is 64.7 Å². The van der Waals surface area contributed by atoms with Gasteiger partial charge in [-0.3, -0.25) is 0 Å². The van der Waals surface area contributed by atoms with Gasteiger partial charge in [0, 0.05) is 11.6 Å². The first-order valence-corrected chi connectivity index (χ1v) is 8.21. The molecule has 0 heterocycles. The first kappa shape index (κ1) is 15.0. The van der Waals surface area contributed by atoms with Crippen LogP contribution in [0.1, 0.15) is 18.1 Å². The Labute approximate surface area is 124 Å². The van der Waals surface area contributed by atoms with E-state index in [1.165, 1.54) is 0 Å². The highest BCUT2D eigenvalue weighted by atomic mass is 35.5. The first-order chi connectivity index (χ1) is 9.53. The zero-order chi connectivity index (χ0) is 14.6. The molecule has 0 aliphatic rings. The van der Waals surface area contributed by atoms with E-state index in [0.717, 1.165) is 17.5 Å². The van der Waals surface area contributed by atoms with Crippen LogP contribution in [0, 0.1) is 0 Å². The van der Waals surface area contributed by atoms with Gasteiger partial charge in [-0.25, -0.2) is 13.1 Å². The van der Waals surface area contributed by atoms with E-state index in [1.54, 1.807) is 24.3 Å². The maximum atomic E-state index is 12.2. The van der Waals surface area contributed by atoms with Crippen molar-refractivity contribution in [1.29, 1.82) is 0 Å². The summed E-state index contributed by atoms with van der Waals surface area (Å²) in [6, 6.07) is 14.1. The Bertz CT molecular complexity index is 681. The van der Waals surface area contributed by atoms with Crippen LogP contribution in [-0.4, -0.2) is 8.42 Å². The molecule has 106 valence electrons. The van der Waals surface area contributed by atoms with Crippen LogP contribution in [0.4, 0.5) is 0 Å². The van der Waals surface area contributed by atoms with Crippen LogP contribution in [0.2, 0.25) is 5.02 Å². The summed E-state index contributed by atoms with van der Waals surface area (Å²) >= 11 is 6.00. The fraction of sp³-hybridized carbons (Fsp3) is 0.200. The molecule has 20 heavy (non-hydrogen) atoms. The number of hydrogen-bond donors (Lipinski definition) is 1. The van der Waals surface area contributed by atoms with Crippen LogP contribution in [0.15, 0.2) is 53.4 Å². The van der Waals surface area contributed by atoms with E-state index in [-0.39, 0.29) is 11.4 Å². The van der Waals surface area contributed by atoms with Crippen molar-refractivity contribution < 1.29 is 8.42 Å². The normalized spacial score (nSPS) is 11.5. The number of nitrogens with one attached hydrogen (secondary N) is 1. The van der Waals surface area contributed by atoms with E-state index in [1.807, 2.05) is 31.2 Å². The van der Waals surface area contributed by atoms with E-state index < -0.39 is 10.0 Å². The van der Waals surface area contributed by atoms with Gasteiger partial charge in [-0.2, -0.15) is 0 Å². The van der Waals surface area contributed by atoms with Crippen molar-refractivity contribution >= 4 is 21.6 Å². The zero-order valence-electron chi connectivity index (χ0n) is 11.1. The minimum absolute atomic E-state index is 0.178. The number of benzene rings is 2. The Balaban J connectivity index is 2.13. The van der Waals surface area contributed by atoms with Gasteiger partial charge in [0.05, 0.1) is 4.90 Å². The quantitative estimate of drug-likeness (QED) is 0.920. The van der Waals surface area contributed by atoms with Gasteiger partial charge in [-0.15, -0.1) is 0 Å². The molecule has 2 aromatic carbocycles. The topological polar surface area (TPSA) is 46.2 Å². The standard InChI is InChI=1S/C15H16ClNO2S/c1-2-12-7-9-14(10-8-12)20(18,19)17-11-13-5-3-4-6-15(13)16/h3-10,17H,2,11H2,1H3. The summed E-state index contributed by atoms with van der Waals surface area (Å²) in [6.07, 6.45) is 0.882. The van der Waals surface area contributed by atoms with Gasteiger partial charge in [0.25, 0.3) is 0 Å². The summed E-state index contributed by atoms with van der Waals surface area (Å²) < 4.78 is 26.9. The average molecular weight is 310 g/mol. The molecule has 0 amide bonds. The number of sulfonamides is 1. The maximum absolute atomic E-state index is 12.2. The second-order valence-electron chi connectivity index (χ2n) is 4.41. The van der Waals surface area contributed by atoms with Crippen LogP contribution in [-0.2, 0) is 23.0 Å². The lowest BCUT2D eigenvalue weighted by atomic mass is 10.2. The third kappa shape index (κ3) is 3.60. The predicted molar refractivity (Wildman–Crippen MR) is 81.3 cm³/mol. The molecule has 0 aliphatic heterocycles. The fourth-order valence-corrected chi connectivity index (χ4v) is 3.01. The molecule has 0 atom stereocenters. The van der Waals surface area contributed by atoms with Gasteiger partial charge in [-0.05, 0) is 35.7 Å². The van der Waals surface area contributed by atoms with Crippen molar-refractivity contribution in [2.75, 3.05) is 0 Å². The van der Waals surface area contributed by atoms with Gasteiger partial charge >= 0.3 is 0 Å². The van der Waals surface area contributed by atoms with E-state index >= 15 is 0 Å². The molecule has 3 nitrogen and oxygen atoms in total. The summed E-state index contributed by atoms with van der Waals surface area (Å²) in [6.45, 7) is 2.21. The van der Waals surface area contributed by atoms with Crippen LogP contribution in [0.5, 0.6) is 0 Å². The maximum Gasteiger partial charge on any atom is 0.240 e. The minimum Gasteiger partial charge on any atom is -0.207 e. The lowest BCUT2D eigenvalue weighted by molar-refractivity contribution is 0.581. The Hall–Kier alpha value is -1.36. The van der Waals surface area contributed by atoms with Crippen LogP contribution in [0.3, 0.4) is 0 Å². The molecule has 0 aliphatic carbocycles. The highest BCUT2D eigenvalue weighted by molar-refractivity contribution is 7.89. The van der Waals surface area contributed by atoms with E-state index in [4.69, 9.17) is 11.6 Å². The summed E-state index contributed by atoms with van der Waals surface area (Å²) in [4.78, 5) is 0.266. The number of rotatable bonds is 5. The lowest BCUT2D eigenvalue weighted by Gasteiger charge is -2.08. The molecule has 0 bridgehead atoms. The molecule has 0 spiro atoms.